The van der Waals surface area contributed by atoms with Crippen LogP contribution < -0.4 is 5.32 Å². The topological polar surface area (TPSA) is 12.0 Å². The van der Waals surface area contributed by atoms with Crippen LogP contribution in [0.25, 0.3) is 0 Å². The molecule has 1 aromatic carbocycles. The average Bonchev–Trinajstić information content (AvgIpc) is 2.25. The highest BCUT2D eigenvalue weighted by atomic mass is 14.9. The first-order valence-electron chi connectivity index (χ1n) is 6.72. The zero-order chi connectivity index (χ0) is 13.0. The fourth-order valence-corrected chi connectivity index (χ4v) is 2.24. The van der Waals surface area contributed by atoms with Crippen LogP contribution in [0.4, 0.5) is 0 Å². The molecule has 0 fully saturated rings. The third-order valence-electron chi connectivity index (χ3n) is 3.62. The van der Waals surface area contributed by atoms with Crippen LogP contribution in [0.5, 0.6) is 0 Å². The van der Waals surface area contributed by atoms with Gasteiger partial charge in [0, 0.05) is 6.04 Å². The van der Waals surface area contributed by atoms with Crippen LogP contribution in [0.2, 0.25) is 0 Å². The van der Waals surface area contributed by atoms with E-state index in [9.17, 15) is 0 Å². The number of hydrogen-bond acceptors (Lipinski definition) is 1. The highest BCUT2D eigenvalue weighted by Gasteiger charge is 2.16. The summed E-state index contributed by atoms with van der Waals surface area (Å²) < 4.78 is 0. The Balaban J connectivity index is 2.71. The van der Waals surface area contributed by atoms with E-state index in [1.54, 1.807) is 0 Å². The van der Waals surface area contributed by atoms with E-state index in [0.29, 0.717) is 17.9 Å². The molecule has 96 valence electrons. The molecular formula is C16H27N. The molecule has 1 aromatic rings. The first-order valence-corrected chi connectivity index (χ1v) is 6.72. The number of nitrogens with one attached hydrogen (secondary N) is 1. The van der Waals surface area contributed by atoms with Crippen LogP contribution in [-0.2, 0) is 0 Å². The van der Waals surface area contributed by atoms with Gasteiger partial charge in [-0.2, -0.15) is 0 Å². The van der Waals surface area contributed by atoms with E-state index >= 15 is 0 Å². The molecule has 0 amide bonds. The lowest BCUT2D eigenvalue weighted by molar-refractivity contribution is 0.425. The molecule has 0 aliphatic heterocycles. The molecule has 0 saturated heterocycles. The van der Waals surface area contributed by atoms with Gasteiger partial charge in [0.2, 0.25) is 0 Å². The first-order chi connectivity index (χ1) is 7.91. The molecule has 1 nitrogen and oxygen atoms in total. The molecule has 1 rings (SSSR count). The van der Waals surface area contributed by atoms with Crippen molar-refractivity contribution in [2.75, 3.05) is 6.54 Å². The summed E-state index contributed by atoms with van der Waals surface area (Å²) >= 11 is 0. The lowest BCUT2D eigenvalue weighted by atomic mass is 9.86. The normalized spacial score (nSPS) is 15.0. The van der Waals surface area contributed by atoms with E-state index in [4.69, 9.17) is 0 Å². The van der Waals surface area contributed by atoms with Crippen LogP contribution in [0, 0.1) is 19.8 Å². The zero-order valence-electron chi connectivity index (χ0n) is 12.2. The summed E-state index contributed by atoms with van der Waals surface area (Å²) in [4.78, 5) is 0. The molecule has 0 radical (unpaired) electrons. The second-order valence-corrected chi connectivity index (χ2v) is 5.69. The predicted octanol–water partition coefficient (Wildman–Crippen LogP) is 4.04. The summed E-state index contributed by atoms with van der Waals surface area (Å²) in [5.74, 6) is 1.28. The molecule has 0 spiro atoms. The van der Waals surface area contributed by atoms with Crippen molar-refractivity contribution in [3.05, 3.63) is 34.9 Å². The molecule has 1 heteroatoms. The molecule has 2 unspecified atom stereocenters. The van der Waals surface area contributed by atoms with Gasteiger partial charge in [0.15, 0.2) is 0 Å². The molecule has 0 aromatic heterocycles. The number of hydrogen-bond donors (Lipinski definition) is 1. The van der Waals surface area contributed by atoms with E-state index in [0.717, 1.165) is 6.54 Å². The number of rotatable bonds is 5. The monoisotopic (exact) mass is 233 g/mol. The molecule has 1 N–H and O–H groups in total. The quantitative estimate of drug-likeness (QED) is 0.809. The van der Waals surface area contributed by atoms with Gasteiger partial charge in [0.25, 0.3) is 0 Å². The molecule has 0 aliphatic carbocycles. The van der Waals surface area contributed by atoms with Gasteiger partial charge in [-0.05, 0) is 43.4 Å². The third-order valence-corrected chi connectivity index (χ3v) is 3.62. The Labute approximate surface area is 107 Å². The van der Waals surface area contributed by atoms with E-state index in [-0.39, 0.29) is 0 Å². The summed E-state index contributed by atoms with van der Waals surface area (Å²) in [6.45, 7) is 14.5. The maximum Gasteiger partial charge on any atom is 0.00104 e. The van der Waals surface area contributed by atoms with Crippen LogP contribution in [0.1, 0.15) is 50.3 Å². The van der Waals surface area contributed by atoms with Crippen LogP contribution in [0.3, 0.4) is 0 Å². The predicted molar refractivity (Wildman–Crippen MR) is 76.6 cm³/mol. The van der Waals surface area contributed by atoms with Crippen LogP contribution in [0.15, 0.2) is 18.2 Å². The number of aryl methyl sites for hydroxylation is 2. The van der Waals surface area contributed by atoms with Gasteiger partial charge in [-0.1, -0.05) is 51.5 Å². The standard InChI is InChI=1S/C16H27N/c1-11(2)17-10-14(5)15(6)16-8-7-12(3)9-13(16)4/h7-9,11,14-15,17H,10H2,1-6H3. The SMILES string of the molecule is Cc1ccc(C(C)C(C)CNC(C)C)c(C)c1. The summed E-state index contributed by atoms with van der Waals surface area (Å²) in [5, 5.41) is 3.53. The van der Waals surface area contributed by atoms with Gasteiger partial charge in [0.05, 0.1) is 0 Å². The maximum absolute atomic E-state index is 3.53. The van der Waals surface area contributed by atoms with Crippen molar-refractivity contribution < 1.29 is 0 Å². The lowest BCUT2D eigenvalue weighted by Crippen LogP contribution is -2.30. The number of benzene rings is 1. The average molecular weight is 233 g/mol. The van der Waals surface area contributed by atoms with Crippen molar-refractivity contribution in [2.24, 2.45) is 5.92 Å². The van der Waals surface area contributed by atoms with Gasteiger partial charge in [-0.3, -0.25) is 0 Å². The minimum Gasteiger partial charge on any atom is -0.314 e. The van der Waals surface area contributed by atoms with Gasteiger partial charge in [-0.25, -0.2) is 0 Å². The van der Waals surface area contributed by atoms with Crippen LogP contribution >= 0.6 is 0 Å². The van der Waals surface area contributed by atoms with E-state index in [1.807, 2.05) is 0 Å². The van der Waals surface area contributed by atoms with E-state index in [1.165, 1.54) is 16.7 Å². The molecule has 2 atom stereocenters. The van der Waals surface area contributed by atoms with Crippen molar-refractivity contribution in [3.63, 3.8) is 0 Å². The zero-order valence-corrected chi connectivity index (χ0v) is 12.2. The van der Waals surface area contributed by atoms with Crippen molar-refractivity contribution in [1.82, 2.24) is 5.32 Å². The highest BCUT2D eigenvalue weighted by molar-refractivity contribution is 5.33. The summed E-state index contributed by atoms with van der Waals surface area (Å²) in [7, 11) is 0. The Morgan fingerprint density at radius 1 is 1.06 bits per heavy atom. The molecule has 0 saturated carbocycles. The highest BCUT2D eigenvalue weighted by Crippen LogP contribution is 2.27. The summed E-state index contributed by atoms with van der Waals surface area (Å²) in [6.07, 6.45) is 0. The van der Waals surface area contributed by atoms with Crippen molar-refractivity contribution >= 4 is 0 Å². The minimum atomic E-state index is 0.573. The van der Waals surface area contributed by atoms with Crippen molar-refractivity contribution in [3.8, 4) is 0 Å². The van der Waals surface area contributed by atoms with Crippen LogP contribution in [-0.4, -0.2) is 12.6 Å². The molecule has 0 aliphatic rings. The molecule has 0 bridgehead atoms. The Bertz CT molecular complexity index is 355. The third kappa shape index (κ3) is 4.16. The molecule has 0 heterocycles. The second-order valence-electron chi connectivity index (χ2n) is 5.69. The second kappa shape index (κ2) is 6.20. The minimum absolute atomic E-state index is 0.573. The Hall–Kier alpha value is -0.820. The Morgan fingerprint density at radius 2 is 1.71 bits per heavy atom. The fraction of sp³-hybridized carbons (Fsp3) is 0.625. The van der Waals surface area contributed by atoms with E-state index < -0.39 is 0 Å². The van der Waals surface area contributed by atoms with Gasteiger partial charge >= 0.3 is 0 Å². The van der Waals surface area contributed by atoms with Gasteiger partial charge < -0.3 is 5.32 Å². The molecular weight excluding hydrogens is 206 g/mol. The largest absolute Gasteiger partial charge is 0.314 e. The first kappa shape index (κ1) is 14.2. The fourth-order valence-electron chi connectivity index (χ4n) is 2.24. The summed E-state index contributed by atoms with van der Waals surface area (Å²) in [6, 6.07) is 7.38. The van der Waals surface area contributed by atoms with Gasteiger partial charge in [0.1, 0.15) is 0 Å². The smallest absolute Gasteiger partial charge is 0.00104 e. The maximum atomic E-state index is 3.53. The van der Waals surface area contributed by atoms with Gasteiger partial charge in [-0.15, -0.1) is 0 Å². The Morgan fingerprint density at radius 3 is 2.24 bits per heavy atom. The van der Waals surface area contributed by atoms with E-state index in [2.05, 4.69) is 65.1 Å². The molecule has 17 heavy (non-hydrogen) atoms. The Kier molecular flexibility index (Phi) is 5.20. The summed E-state index contributed by atoms with van der Waals surface area (Å²) in [5.41, 5.74) is 4.27. The van der Waals surface area contributed by atoms with Crippen molar-refractivity contribution in [2.45, 2.75) is 53.5 Å². The van der Waals surface area contributed by atoms with Crippen molar-refractivity contribution in [1.29, 1.82) is 0 Å². The lowest BCUT2D eigenvalue weighted by Gasteiger charge is -2.23.